The second-order valence-electron chi connectivity index (χ2n) is 7.59. The van der Waals surface area contributed by atoms with Gasteiger partial charge in [-0.2, -0.15) is 0 Å². The van der Waals surface area contributed by atoms with Crippen molar-refractivity contribution in [3.8, 4) is 11.1 Å². The highest BCUT2D eigenvalue weighted by atomic mass is 35.5. The summed E-state index contributed by atoms with van der Waals surface area (Å²) in [5.74, 6) is 0.950. The molecule has 0 saturated heterocycles. The first-order valence-corrected chi connectivity index (χ1v) is 9.03. The van der Waals surface area contributed by atoms with Gasteiger partial charge in [0.25, 0.3) is 0 Å². The average molecular weight is 358 g/mol. The SMILES string of the molecule is CC(C)(C)OC(=O)NC[C@@H]1C[C@H]1c1cccc(-c2ccccc2Cl)c1. The van der Waals surface area contributed by atoms with Crippen LogP contribution in [0.4, 0.5) is 4.79 Å². The predicted octanol–water partition coefficient (Wildman–Crippen LogP) is 5.64. The molecular formula is C21H24ClNO2. The van der Waals surface area contributed by atoms with E-state index in [1.807, 2.05) is 45.0 Å². The van der Waals surface area contributed by atoms with Gasteiger partial charge in [0.2, 0.25) is 0 Å². The van der Waals surface area contributed by atoms with Gasteiger partial charge >= 0.3 is 6.09 Å². The summed E-state index contributed by atoms with van der Waals surface area (Å²) in [4.78, 5) is 11.8. The van der Waals surface area contributed by atoms with Gasteiger partial charge in [-0.3, -0.25) is 0 Å². The Morgan fingerprint density at radius 1 is 1.20 bits per heavy atom. The number of hydrogen-bond donors (Lipinski definition) is 1. The quantitative estimate of drug-likeness (QED) is 0.769. The van der Waals surface area contributed by atoms with Crippen LogP contribution in [0, 0.1) is 5.92 Å². The maximum atomic E-state index is 11.8. The van der Waals surface area contributed by atoms with Crippen LogP contribution in [0.25, 0.3) is 11.1 Å². The zero-order valence-corrected chi connectivity index (χ0v) is 15.6. The van der Waals surface area contributed by atoms with Gasteiger partial charge in [0, 0.05) is 17.1 Å². The van der Waals surface area contributed by atoms with Gasteiger partial charge in [-0.05, 0) is 56.2 Å². The minimum absolute atomic E-state index is 0.344. The van der Waals surface area contributed by atoms with E-state index in [-0.39, 0.29) is 6.09 Å². The fourth-order valence-corrected chi connectivity index (χ4v) is 3.29. The Kier molecular flexibility index (Phi) is 5.05. The number of rotatable bonds is 4. The number of carbonyl (C=O) groups is 1. The first-order chi connectivity index (χ1) is 11.8. The molecule has 1 saturated carbocycles. The van der Waals surface area contributed by atoms with Crippen molar-refractivity contribution in [3.63, 3.8) is 0 Å². The van der Waals surface area contributed by atoms with Crippen LogP contribution in [-0.4, -0.2) is 18.2 Å². The number of hydrogen-bond acceptors (Lipinski definition) is 2. The Morgan fingerprint density at radius 2 is 1.96 bits per heavy atom. The summed E-state index contributed by atoms with van der Waals surface area (Å²) in [5.41, 5.74) is 3.02. The normalized spacial score (nSPS) is 19.4. The molecule has 1 aliphatic rings. The van der Waals surface area contributed by atoms with Crippen LogP contribution in [0.1, 0.15) is 38.7 Å². The van der Waals surface area contributed by atoms with Crippen LogP contribution in [-0.2, 0) is 4.74 Å². The molecule has 4 heteroatoms. The Hall–Kier alpha value is -2.00. The monoisotopic (exact) mass is 357 g/mol. The zero-order chi connectivity index (χ0) is 18.0. The van der Waals surface area contributed by atoms with Gasteiger partial charge in [0.15, 0.2) is 0 Å². The molecule has 1 amide bonds. The molecule has 25 heavy (non-hydrogen) atoms. The molecule has 0 bridgehead atoms. The predicted molar refractivity (Wildman–Crippen MR) is 102 cm³/mol. The van der Waals surface area contributed by atoms with Crippen molar-refractivity contribution in [3.05, 3.63) is 59.1 Å². The van der Waals surface area contributed by atoms with Crippen LogP contribution in [0.3, 0.4) is 0 Å². The van der Waals surface area contributed by atoms with E-state index in [9.17, 15) is 4.79 Å². The molecule has 2 aromatic rings. The Balaban J connectivity index is 1.61. The highest BCUT2D eigenvalue weighted by Gasteiger charge is 2.38. The Labute approximate surface area is 154 Å². The minimum atomic E-state index is -0.462. The lowest BCUT2D eigenvalue weighted by Crippen LogP contribution is -2.33. The molecule has 0 radical (unpaired) electrons. The van der Waals surface area contributed by atoms with Crippen molar-refractivity contribution in [1.82, 2.24) is 5.32 Å². The molecule has 0 heterocycles. The molecule has 0 aliphatic heterocycles. The molecule has 132 valence electrons. The highest BCUT2D eigenvalue weighted by Crippen LogP contribution is 2.47. The number of halogens is 1. The van der Waals surface area contributed by atoms with Crippen LogP contribution in [0.15, 0.2) is 48.5 Å². The third-order valence-electron chi connectivity index (χ3n) is 4.33. The Bertz CT molecular complexity index is 766. The minimum Gasteiger partial charge on any atom is -0.444 e. The lowest BCUT2D eigenvalue weighted by molar-refractivity contribution is 0.0525. The largest absolute Gasteiger partial charge is 0.444 e. The number of nitrogens with one attached hydrogen (secondary N) is 1. The first kappa shape index (κ1) is 17.8. The van der Waals surface area contributed by atoms with E-state index >= 15 is 0 Å². The fourth-order valence-electron chi connectivity index (χ4n) is 3.04. The second kappa shape index (κ2) is 7.09. The molecule has 2 aromatic carbocycles. The number of alkyl carbamates (subject to hydrolysis) is 1. The fraction of sp³-hybridized carbons (Fsp3) is 0.381. The molecule has 0 aromatic heterocycles. The van der Waals surface area contributed by atoms with E-state index in [4.69, 9.17) is 16.3 Å². The van der Waals surface area contributed by atoms with Gasteiger partial charge in [-0.1, -0.05) is 54.1 Å². The average Bonchev–Trinajstić information content (AvgIpc) is 3.32. The molecular weight excluding hydrogens is 334 g/mol. The van der Waals surface area contributed by atoms with Crippen molar-refractivity contribution in [2.45, 2.75) is 38.7 Å². The summed E-state index contributed by atoms with van der Waals surface area (Å²) >= 11 is 6.31. The van der Waals surface area contributed by atoms with Crippen LogP contribution in [0.2, 0.25) is 5.02 Å². The van der Waals surface area contributed by atoms with E-state index in [2.05, 4.69) is 29.6 Å². The van der Waals surface area contributed by atoms with Crippen molar-refractivity contribution in [2.24, 2.45) is 5.92 Å². The molecule has 1 fully saturated rings. The summed E-state index contributed by atoms with van der Waals surface area (Å²) in [5, 5.41) is 3.64. The van der Waals surface area contributed by atoms with Crippen molar-refractivity contribution >= 4 is 17.7 Å². The van der Waals surface area contributed by atoms with Gasteiger partial charge in [0.05, 0.1) is 0 Å². The third kappa shape index (κ3) is 4.76. The first-order valence-electron chi connectivity index (χ1n) is 8.65. The number of amides is 1. The van der Waals surface area contributed by atoms with E-state index in [1.54, 1.807) is 0 Å². The van der Waals surface area contributed by atoms with Crippen LogP contribution >= 0.6 is 11.6 Å². The van der Waals surface area contributed by atoms with Crippen molar-refractivity contribution in [1.29, 1.82) is 0 Å². The van der Waals surface area contributed by atoms with Gasteiger partial charge < -0.3 is 10.1 Å². The van der Waals surface area contributed by atoms with Gasteiger partial charge in [-0.25, -0.2) is 4.79 Å². The van der Waals surface area contributed by atoms with Crippen molar-refractivity contribution < 1.29 is 9.53 Å². The summed E-state index contributed by atoms with van der Waals surface area (Å²) in [6.45, 7) is 6.25. The van der Waals surface area contributed by atoms with E-state index in [1.165, 1.54) is 5.56 Å². The summed E-state index contributed by atoms with van der Waals surface area (Å²) in [6.07, 6.45) is 0.741. The maximum Gasteiger partial charge on any atom is 0.407 e. The molecule has 0 unspecified atom stereocenters. The lowest BCUT2D eigenvalue weighted by atomic mass is 10.0. The van der Waals surface area contributed by atoms with Crippen LogP contribution < -0.4 is 5.32 Å². The molecule has 0 spiro atoms. The molecule has 1 aliphatic carbocycles. The van der Waals surface area contributed by atoms with Gasteiger partial charge in [-0.15, -0.1) is 0 Å². The Morgan fingerprint density at radius 3 is 2.68 bits per heavy atom. The lowest BCUT2D eigenvalue weighted by Gasteiger charge is -2.19. The number of benzene rings is 2. The highest BCUT2D eigenvalue weighted by molar-refractivity contribution is 6.33. The zero-order valence-electron chi connectivity index (χ0n) is 14.9. The van der Waals surface area contributed by atoms with Crippen LogP contribution in [0.5, 0.6) is 0 Å². The van der Waals surface area contributed by atoms with E-state index < -0.39 is 5.60 Å². The molecule has 2 atom stereocenters. The second-order valence-corrected chi connectivity index (χ2v) is 8.00. The van der Waals surface area contributed by atoms with E-state index in [0.29, 0.717) is 18.4 Å². The topological polar surface area (TPSA) is 38.3 Å². The molecule has 1 N–H and O–H groups in total. The third-order valence-corrected chi connectivity index (χ3v) is 4.66. The molecule has 3 rings (SSSR count). The maximum absolute atomic E-state index is 11.8. The summed E-state index contributed by atoms with van der Waals surface area (Å²) in [6, 6.07) is 16.4. The number of ether oxygens (including phenoxy) is 1. The summed E-state index contributed by atoms with van der Waals surface area (Å²) < 4.78 is 5.28. The van der Waals surface area contributed by atoms with Gasteiger partial charge in [0.1, 0.15) is 5.60 Å². The van der Waals surface area contributed by atoms with Crippen molar-refractivity contribution in [2.75, 3.05) is 6.54 Å². The number of carbonyl (C=O) groups excluding carboxylic acids is 1. The van der Waals surface area contributed by atoms with E-state index in [0.717, 1.165) is 22.6 Å². The smallest absolute Gasteiger partial charge is 0.407 e. The summed E-state index contributed by atoms with van der Waals surface area (Å²) in [7, 11) is 0. The standard InChI is InChI=1S/C21H24ClNO2/c1-21(2,3)25-20(24)23-13-16-12-18(16)15-8-6-7-14(11-15)17-9-4-5-10-19(17)22/h4-11,16,18H,12-13H2,1-3H3,(H,23,24)/t16-,18-/m0/s1. The molecule has 3 nitrogen and oxygen atoms in total.